The molecule has 2 aromatic carbocycles. The number of rotatable bonds is 7. The van der Waals surface area contributed by atoms with Gasteiger partial charge in [-0.2, -0.15) is 0 Å². The average molecular weight is 434 g/mol. The Kier molecular flexibility index (Phi) is 7.59. The van der Waals surface area contributed by atoms with Gasteiger partial charge in [-0.15, -0.1) is 0 Å². The minimum atomic E-state index is -0.0796. The molecule has 4 rings (SSSR count). The molecule has 5 heteroatoms. The smallest absolute Gasteiger partial charge is 0.254 e. The Bertz CT molecular complexity index is 900. The van der Waals surface area contributed by atoms with Crippen LogP contribution in [0.4, 0.5) is 0 Å². The van der Waals surface area contributed by atoms with E-state index in [0.29, 0.717) is 25.6 Å². The molecule has 1 saturated carbocycles. The van der Waals surface area contributed by atoms with E-state index >= 15 is 0 Å². The molecule has 32 heavy (non-hydrogen) atoms. The van der Waals surface area contributed by atoms with Gasteiger partial charge in [-0.05, 0) is 49.3 Å². The van der Waals surface area contributed by atoms with Crippen molar-refractivity contribution in [1.29, 1.82) is 0 Å². The van der Waals surface area contributed by atoms with Crippen LogP contribution in [0, 0.1) is 12.8 Å². The Morgan fingerprint density at radius 3 is 2.28 bits per heavy atom. The van der Waals surface area contributed by atoms with E-state index in [1.165, 1.54) is 18.4 Å². The van der Waals surface area contributed by atoms with Crippen LogP contribution in [0.5, 0.6) is 0 Å². The van der Waals surface area contributed by atoms with Crippen LogP contribution in [0.15, 0.2) is 54.6 Å². The Morgan fingerprint density at radius 2 is 1.59 bits per heavy atom. The average Bonchev–Trinajstić information content (AvgIpc) is 3.35. The minimum absolute atomic E-state index is 0.0796. The lowest BCUT2D eigenvalue weighted by atomic mass is 9.94. The third kappa shape index (κ3) is 5.39. The van der Waals surface area contributed by atoms with Gasteiger partial charge in [-0.3, -0.25) is 14.5 Å². The fraction of sp³-hybridized carbons (Fsp3) is 0.481. The second-order valence-electron chi connectivity index (χ2n) is 9.16. The van der Waals surface area contributed by atoms with Crippen LogP contribution >= 0.6 is 0 Å². The summed E-state index contributed by atoms with van der Waals surface area (Å²) in [6.07, 6.45) is 5.52. The topological polar surface area (TPSA) is 52.7 Å². The molecule has 5 nitrogen and oxygen atoms in total. The van der Waals surface area contributed by atoms with E-state index in [9.17, 15) is 9.59 Å². The van der Waals surface area contributed by atoms with Crippen LogP contribution in [0.2, 0.25) is 0 Å². The Hall–Kier alpha value is -2.66. The van der Waals surface area contributed by atoms with Gasteiger partial charge in [0.2, 0.25) is 5.91 Å². The van der Waals surface area contributed by atoms with Crippen molar-refractivity contribution in [2.45, 2.75) is 45.1 Å². The maximum absolute atomic E-state index is 13.3. The first-order chi connectivity index (χ1) is 15.6. The molecule has 2 fully saturated rings. The molecule has 1 N–H and O–H groups in total. The largest absolute Gasteiger partial charge is 0.354 e. The van der Waals surface area contributed by atoms with E-state index in [2.05, 4.69) is 22.3 Å². The molecular weight excluding hydrogens is 398 g/mol. The van der Waals surface area contributed by atoms with E-state index in [4.69, 9.17) is 0 Å². The summed E-state index contributed by atoms with van der Waals surface area (Å²) in [5.41, 5.74) is 3.04. The highest BCUT2D eigenvalue weighted by molar-refractivity contribution is 5.95. The molecule has 1 saturated heterocycles. The SMILES string of the molecule is Cc1ccccc1C(=O)N1CCN([C@H](C(=O)NCCc2ccccc2)C2CCCC2)CC1. The molecule has 1 aliphatic heterocycles. The molecular formula is C27H35N3O2. The second kappa shape index (κ2) is 10.8. The lowest BCUT2D eigenvalue weighted by Crippen LogP contribution is -2.58. The van der Waals surface area contributed by atoms with Crippen molar-refractivity contribution in [1.82, 2.24) is 15.1 Å². The van der Waals surface area contributed by atoms with Gasteiger partial charge in [0.05, 0.1) is 6.04 Å². The molecule has 0 unspecified atom stereocenters. The van der Waals surface area contributed by atoms with Crippen LogP contribution in [0.3, 0.4) is 0 Å². The van der Waals surface area contributed by atoms with Crippen molar-refractivity contribution in [2.75, 3.05) is 32.7 Å². The van der Waals surface area contributed by atoms with Gasteiger partial charge in [0, 0.05) is 38.3 Å². The summed E-state index contributed by atoms with van der Waals surface area (Å²) in [7, 11) is 0. The lowest BCUT2D eigenvalue weighted by molar-refractivity contribution is -0.129. The third-order valence-corrected chi connectivity index (χ3v) is 7.04. The number of amides is 2. The van der Waals surface area contributed by atoms with Crippen molar-refractivity contribution < 1.29 is 9.59 Å². The van der Waals surface area contributed by atoms with E-state index in [1.807, 2.05) is 54.3 Å². The fourth-order valence-electron chi connectivity index (χ4n) is 5.22. The van der Waals surface area contributed by atoms with Crippen molar-refractivity contribution in [2.24, 2.45) is 5.92 Å². The number of nitrogens with one attached hydrogen (secondary N) is 1. The van der Waals surface area contributed by atoms with Crippen molar-refractivity contribution in [3.63, 3.8) is 0 Å². The van der Waals surface area contributed by atoms with Crippen LogP contribution in [0.1, 0.15) is 47.2 Å². The zero-order chi connectivity index (χ0) is 22.3. The summed E-state index contributed by atoms with van der Waals surface area (Å²) in [5, 5.41) is 3.21. The van der Waals surface area contributed by atoms with E-state index < -0.39 is 0 Å². The van der Waals surface area contributed by atoms with Gasteiger partial charge in [-0.1, -0.05) is 61.4 Å². The molecule has 2 aromatic rings. The van der Waals surface area contributed by atoms with Gasteiger partial charge in [0.15, 0.2) is 0 Å². The predicted molar refractivity (Wildman–Crippen MR) is 128 cm³/mol. The number of benzene rings is 2. The normalized spacial score (nSPS) is 18.5. The van der Waals surface area contributed by atoms with Crippen LogP contribution in [0.25, 0.3) is 0 Å². The van der Waals surface area contributed by atoms with Crippen molar-refractivity contribution in [3.05, 3.63) is 71.3 Å². The number of piperazine rings is 1. The van der Waals surface area contributed by atoms with Gasteiger partial charge in [-0.25, -0.2) is 0 Å². The first kappa shape index (κ1) is 22.5. The predicted octanol–water partition coefficient (Wildman–Crippen LogP) is 3.67. The summed E-state index contributed by atoms with van der Waals surface area (Å²) in [6, 6.07) is 18.0. The van der Waals surface area contributed by atoms with E-state index in [1.54, 1.807) is 0 Å². The molecule has 0 spiro atoms. The number of aryl methyl sites for hydroxylation is 1. The number of hydrogen-bond acceptors (Lipinski definition) is 3. The van der Waals surface area contributed by atoms with Crippen LogP contribution in [-0.4, -0.2) is 60.4 Å². The Morgan fingerprint density at radius 1 is 0.938 bits per heavy atom. The molecule has 0 aromatic heterocycles. The van der Waals surface area contributed by atoms with Gasteiger partial charge in [0.25, 0.3) is 5.91 Å². The molecule has 0 bridgehead atoms. The molecule has 0 radical (unpaired) electrons. The first-order valence-electron chi connectivity index (χ1n) is 12.0. The quantitative estimate of drug-likeness (QED) is 0.725. The summed E-state index contributed by atoms with van der Waals surface area (Å²) in [5.74, 6) is 0.685. The van der Waals surface area contributed by atoms with E-state index in [0.717, 1.165) is 43.5 Å². The minimum Gasteiger partial charge on any atom is -0.354 e. The summed E-state index contributed by atoms with van der Waals surface area (Å²) >= 11 is 0. The van der Waals surface area contributed by atoms with Gasteiger partial charge < -0.3 is 10.2 Å². The molecule has 2 aliphatic rings. The monoisotopic (exact) mass is 433 g/mol. The molecule has 1 atom stereocenters. The van der Waals surface area contributed by atoms with Gasteiger partial charge >= 0.3 is 0 Å². The standard InChI is InChI=1S/C27H35N3O2/c1-21-9-5-8-14-24(21)27(32)30-19-17-29(18-20-30)25(23-12-6-7-13-23)26(31)28-16-15-22-10-3-2-4-11-22/h2-5,8-11,14,23,25H,6-7,12-13,15-20H2,1H3,(H,28,31)/t25-/m0/s1. The second-order valence-corrected chi connectivity index (χ2v) is 9.16. The number of nitrogens with zero attached hydrogens (tertiary/aromatic N) is 2. The van der Waals surface area contributed by atoms with Crippen LogP contribution < -0.4 is 5.32 Å². The zero-order valence-electron chi connectivity index (χ0n) is 19.1. The Labute approximate surface area is 191 Å². The van der Waals surface area contributed by atoms with Crippen LogP contribution in [-0.2, 0) is 11.2 Å². The highest BCUT2D eigenvalue weighted by atomic mass is 16.2. The number of hydrogen-bond donors (Lipinski definition) is 1. The summed E-state index contributed by atoms with van der Waals surface area (Å²) in [6.45, 7) is 5.51. The molecule has 170 valence electrons. The number of carbonyl (C=O) groups is 2. The highest BCUT2D eigenvalue weighted by Gasteiger charge is 2.37. The summed E-state index contributed by atoms with van der Waals surface area (Å²) in [4.78, 5) is 30.5. The number of carbonyl (C=O) groups excluding carboxylic acids is 2. The van der Waals surface area contributed by atoms with Gasteiger partial charge in [0.1, 0.15) is 0 Å². The van der Waals surface area contributed by atoms with Crippen molar-refractivity contribution in [3.8, 4) is 0 Å². The first-order valence-corrected chi connectivity index (χ1v) is 12.0. The zero-order valence-corrected chi connectivity index (χ0v) is 19.1. The summed E-state index contributed by atoms with van der Waals surface area (Å²) < 4.78 is 0. The lowest BCUT2D eigenvalue weighted by Gasteiger charge is -2.41. The van der Waals surface area contributed by atoms with E-state index in [-0.39, 0.29) is 17.9 Å². The third-order valence-electron chi connectivity index (χ3n) is 7.04. The maximum Gasteiger partial charge on any atom is 0.254 e. The molecule has 2 amide bonds. The highest BCUT2D eigenvalue weighted by Crippen LogP contribution is 2.31. The molecule has 1 heterocycles. The fourth-order valence-corrected chi connectivity index (χ4v) is 5.22. The Balaban J connectivity index is 1.35. The molecule has 1 aliphatic carbocycles. The maximum atomic E-state index is 13.3. The van der Waals surface area contributed by atoms with Crippen molar-refractivity contribution >= 4 is 11.8 Å².